The van der Waals surface area contributed by atoms with E-state index in [-0.39, 0.29) is 0 Å². The average molecular weight is 112 g/mol. The third kappa shape index (κ3) is 0.840. The van der Waals surface area contributed by atoms with Crippen molar-refractivity contribution >= 4 is 0 Å². The quantitative estimate of drug-likeness (QED) is 0.523. The van der Waals surface area contributed by atoms with Gasteiger partial charge >= 0.3 is 0 Å². The molecule has 1 rings (SSSR count). The van der Waals surface area contributed by atoms with Crippen molar-refractivity contribution in [2.24, 2.45) is 0 Å². The van der Waals surface area contributed by atoms with Gasteiger partial charge in [-0.05, 0) is 6.92 Å². The third-order valence-electron chi connectivity index (χ3n) is 0.732. The van der Waals surface area contributed by atoms with Crippen molar-refractivity contribution in [1.82, 2.24) is 15.2 Å². The number of hydrogen-bond acceptors (Lipinski definition) is 3. The van der Waals surface area contributed by atoms with Gasteiger partial charge in [-0.3, -0.25) is 5.10 Å². The van der Waals surface area contributed by atoms with Crippen molar-refractivity contribution in [2.45, 2.75) is 6.10 Å². The highest BCUT2D eigenvalue weighted by Crippen LogP contribution is 1.99. The normalized spacial score (nSPS) is 13.8. The fourth-order valence-corrected chi connectivity index (χ4v) is 0.379. The molecule has 0 aliphatic carbocycles. The van der Waals surface area contributed by atoms with E-state index >= 15 is 0 Å². The van der Waals surface area contributed by atoms with Gasteiger partial charge < -0.3 is 5.11 Å². The Balaban J connectivity index is 2.77. The van der Waals surface area contributed by atoms with E-state index in [9.17, 15) is 0 Å². The number of aliphatic hydroxyl groups excluding tert-OH is 1. The lowest BCUT2D eigenvalue weighted by Gasteiger charge is -1.91. The Morgan fingerprint density at radius 3 is 2.88 bits per heavy atom. The maximum Gasteiger partial charge on any atom is 0.178 e. The summed E-state index contributed by atoms with van der Waals surface area (Å²) in [6, 6.07) is 0. The third-order valence-corrected chi connectivity index (χ3v) is 0.732. The maximum atomic E-state index is 8.66. The Kier molecular flexibility index (Phi) is 1.26. The Labute approximate surface area is 46.6 Å². The summed E-state index contributed by atoms with van der Waals surface area (Å²) in [4.78, 5) is 3.64. The lowest BCUT2D eigenvalue weighted by Crippen LogP contribution is -1.92. The predicted octanol–water partition coefficient (Wildman–Crippen LogP) is -0.328. The van der Waals surface area contributed by atoms with Crippen molar-refractivity contribution in [3.05, 3.63) is 19.1 Å². The van der Waals surface area contributed by atoms with E-state index in [1.54, 1.807) is 0 Å². The van der Waals surface area contributed by atoms with Gasteiger partial charge in [0.05, 0.1) is 0 Å². The average Bonchev–Trinajstić information content (AvgIpc) is 2.12. The number of aliphatic hydroxyl groups is 1. The molecule has 0 bridgehead atoms. The first-order chi connectivity index (χ1) is 3.80. The van der Waals surface area contributed by atoms with Crippen molar-refractivity contribution in [3.63, 3.8) is 0 Å². The van der Waals surface area contributed by atoms with Crippen LogP contribution in [0.25, 0.3) is 0 Å². The molecule has 1 radical (unpaired) electrons. The molecule has 1 heterocycles. The molecule has 1 aromatic rings. The number of H-pyrrole nitrogens is 1. The predicted molar refractivity (Wildman–Crippen MR) is 26.7 cm³/mol. The van der Waals surface area contributed by atoms with E-state index < -0.39 is 6.10 Å². The number of nitrogens with one attached hydrogen (secondary N) is 1. The molecule has 1 aromatic heterocycles. The molecular weight excluding hydrogens is 106 g/mol. The second-order valence-electron chi connectivity index (χ2n) is 1.37. The van der Waals surface area contributed by atoms with Crippen molar-refractivity contribution in [2.75, 3.05) is 0 Å². The lowest BCUT2D eigenvalue weighted by molar-refractivity contribution is 0.216. The molecule has 4 nitrogen and oxygen atoms in total. The highest BCUT2D eigenvalue weighted by molar-refractivity contribution is 4.86. The Morgan fingerprint density at radius 2 is 2.62 bits per heavy atom. The highest BCUT2D eigenvalue weighted by Gasteiger charge is 2.01. The summed E-state index contributed by atoms with van der Waals surface area (Å²) in [6.45, 7) is 3.29. The van der Waals surface area contributed by atoms with Crippen LogP contribution in [0.15, 0.2) is 6.33 Å². The molecule has 0 saturated heterocycles. The lowest BCUT2D eigenvalue weighted by atomic mass is 10.4. The van der Waals surface area contributed by atoms with Crippen molar-refractivity contribution in [3.8, 4) is 0 Å². The summed E-state index contributed by atoms with van der Waals surface area (Å²) >= 11 is 0. The Bertz CT molecular complexity index is 146. The molecular formula is C4H6N3O. The van der Waals surface area contributed by atoms with Crippen LogP contribution in [0.5, 0.6) is 0 Å². The first-order valence-corrected chi connectivity index (χ1v) is 2.17. The molecule has 8 heavy (non-hydrogen) atoms. The molecule has 0 saturated carbocycles. The van der Waals surface area contributed by atoms with Crippen molar-refractivity contribution < 1.29 is 5.11 Å². The van der Waals surface area contributed by atoms with Crippen LogP contribution < -0.4 is 0 Å². The van der Waals surface area contributed by atoms with Crippen LogP contribution in [0.1, 0.15) is 11.9 Å². The van der Waals surface area contributed by atoms with Crippen LogP contribution in [-0.4, -0.2) is 20.3 Å². The molecule has 2 N–H and O–H groups in total. The van der Waals surface area contributed by atoms with Crippen LogP contribution >= 0.6 is 0 Å². The van der Waals surface area contributed by atoms with Gasteiger partial charge in [0.15, 0.2) is 5.82 Å². The van der Waals surface area contributed by atoms with Crippen LogP contribution in [0, 0.1) is 6.92 Å². The fraction of sp³-hybridized carbons (Fsp3) is 0.250. The van der Waals surface area contributed by atoms with E-state index in [1.165, 1.54) is 6.33 Å². The molecule has 0 aromatic carbocycles. The highest BCUT2D eigenvalue weighted by atomic mass is 16.3. The standard InChI is InChI=1S/C4H6N3O/c1-3(8)4-5-2-6-7-4/h2-3,8H,1H2,(H,5,6,7). The zero-order chi connectivity index (χ0) is 5.98. The minimum Gasteiger partial charge on any atom is -0.385 e. The van der Waals surface area contributed by atoms with Crippen LogP contribution in [-0.2, 0) is 0 Å². The topological polar surface area (TPSA) is 61.8 Å². The van der Waals surface area contributed by atoms with E-state index in [0.717, 1.165) is 0 Å². The van der Waals surface area contributed by atoms with Gasteiger partial charge in [0.1, 0.15) is 12.4 Å². The number of aromatic nitrogens is 3. The zero-order valence-electron chi connectivity index (χ0n) is 4.20. The van der Waals surface area contributed by atoms with Gasteiger partial charge in [-0.15, -0.1) is 0 Å². The van der Waals surface area contributed by atoms with Gasteiger partial charge in [0.2, 0.25) is 0 Å². The number of hydrogen-bond donors (Lipinski definition) is 2. The van der Waals surface area contributed by atoms with Gasteiger partial charge in [0, 0.05) is 0 Å². The van der Waals surface area contributed by atoms with E-state index in [2.05, 4.69) is 22.1 Å². The molecule has 0 aliphatic rings. The van der Waals surface area contributed by atoms with Gasteiger partial charge in [0.25, 0.3) is 0 Å². The first kappa shape index (κ1) is 5.24. The molecule has 1 unspecified atom stereocenters. The van der Waals surface area contributed by atoms with E-state index in [4.69, 9.17) is 5.11 Å². The smallest absolute Gasteiger partial charge is 0.178 e. The SMILES string of the molecule is [CH2]C(O)c1nc[nH]n1. The van der Waals surface area contributed by atoms with Gasteiger partial charge in [-0.2, -0.15) is 5.10 Å². The summed E-state index contributed by atoms with van der Waals surface area (Å²) in [5.74, 6) is 0.324. The van der Waals surface area contributed by atoms with E-state index in [1.807, 2.05) is 0 Å². The largest absolute Gasteiger partial charge is 0.385 e. The van der Waals surface area contributed by atoms with E-state index in [0.29, 0.717) is 5.82 Å². The molecule has 0 fully saturated rings. The van der Waals surface area contributed by atoms with Gasteiger partial charge in [-0.25, -0.2) is 4.98 Å². The van der Waals surface area contributed by atoms with Crippen LogP contribution in [0.3, 0.4) is 0 Å². The minimum atomic E-state index is -0.818. The fourth-order valence-electron chi connectivity index (χ4n) is 0.379. The number of aromatic amines is 1. The Hall–Kier alpha value is -0.900. The van der Waals surface area contributed by atoms with Gasteiger partial charge in [-0.1, -0.05) is 0 Å². The molecule has 43 valence electrons. The molecule has 1 atom stereocenters. The second-order valence-corrected chi connectivity index (χ2v) is 1.37. The monoisotopic (exact) mass is 112 g/mol. The summed E-state index contributed by atoms with van der Waals surface area (Å²) in [5.41, 5.74) is 0. The summed E-state index contributed by atoms with van der Waals surface area (Å²) in [7, 11) is 0. The number of rotatable bonds is 1. The first-order valence-electron chi connectivity index (χ1n) is 2.17. The zero-order valence-corrected chi connectivity index (χ0v) is 4.20. The molecule has 0 spiro atoms. The minimum absolute atomic E-state index is 0.324. The summed E-state index contributed by atoms with van der Waals surface area (Å²) < 4.78 is 0. The summed E-state index contributed by atoms with van der Waals surface area (Å²) in [6.07, 6.45) is 0.574. The molecule has 4 heteroatoms. The molecule has 0 aliphatic heterocycles. The maximum absolute atomic E-state index is 8.66. The second kappa shape index (κ2) is 1.92. The van der Waals surface area contributed by atoms with Crippen molar-refractivity contribution in [1.29, 1.82) is 0 Å². The molecule has 0 amide bonds. The van der Waals surface area contributed by atoms with Crippen LogP contribution in [0.2, 0.25) is 0 Å². The van der Waals surface area contributed by atoms with Crippen LogP contribution in [0.4, 0.5) is 0 Å². The summed E-state index contributed by atoms with van der Waals surface area (Å²) in [5, 5.41) is 14.7. The number of nitrogens with zero attached hydrogens (tertiary/aromatic N) is 2. The Morgan fingerprint density at radius 1 is 1.88 bits per heavy atom.